The lowest BCUT2D eigenvalue weighted by atomic mass is 10.00. The van der Waals surface area contributed by atoms with Gasteiger partial charge in [0, 0.05) is 5.57 Å². The molecule has 0 aromatic carbocycles. The van der Waals surface area contributed by atoms with Crippen LogP contribution in [0.2, 0.25) is 0 Å². The number of allylic oxidation sites excluding steroid dienone is 1. The van der Waals surface area contributed by atoms with Crippen LogP contribution in [-0.2, 0) is 9.53 Å². The summed E-state index contributed by atoms with van der Waals surface area (Å²) in [6.07, 6.45) is 7.99. The lowest BCUT2D eigenvalue weighted by Crippen LogP contribution is -2.09. The molecule has 0 unspecified atom stereocenters. The third-order valence-corrected chi connectivity index (χ3v) is 2.77. The molecule has 0 saturated heterocycles. The molecule has 100 valence electrons. The summed E-state index contributed by atoms with van der Waals surface area (Å²) in [4.78, 5) is 11.1. The number of hydrogen-bond acceptors (Lipinski definition) is 3. The smallest absolute Gasteiger partial charge is 0.333 e. The number of carbonyl (C=O) groups is 1. The summed E-state index contributed by atoms with van der Waals surface area (Å²) in [5.74, 6) is -0.118. The van der Waals surface area contributed by atoms with Crippen LogP contribution in [-0.4, -0.2) is 23.8 Å². The molecule has 3 heteroatoms. The molecule has 0 radical (unpaired) electrons. The summed E-state index contributed by atoms with van der Waals surface area (Å²) in [6, 6.07) is 0. The van der Waals surface area contributed by atoms with Crippen LogP contribution in [0.25, 0.3) is 0 Å². The summed E-state index contributed by atoms with van der Waals surface area (Å²) < 4.78 is 4.87. The third-order valence-electron chi connectivity index (χ3n) is 2.77. The summed E-state index contributed by atoms with van der Waals surface area (Å²) >= 11 is 0. The minimum absolute atomic E-state index is 0.0648. The quantitative estimate of drug-likeness (QED) is 0.770. The zero-order valence-electron chi connectivity index (χ0n) is 11.4. The Kier molecular flexibility index (Phi) is 9.83. The Morgan fingerprint density at radius 3 is 2.35 bits per heavy atom. The van der Waals surface area contributed by atoms with Gasteiger partial charge < -0.3 is 9.84 Å². The van der Waals surface area contributed by atoms with Crippen molar-refractivity contribution in [3.05, 3.63) is 11.6 Å². The minimum atomic E-state index is -0.118. The summed E-state index contributed by atoms with van der Waals surface area (Å²) in [5, 5.41) is 8.67. The van der Waals surface area contributed by atoms with E-state index in [0.29, 0.717) is 6.61 Å². The van der Waals surface area contributed by atoms with Gasteiger partial charge in [-0.05, 0) is 45.4 Å². The van der Waals surface area contributed by atoms with Crippen LogP contribution in [0.15, 0.2) is 11.6 Å². The van der Waals surface area contributed by atoms with Crippen LogP contribution in [0.5, 0.6) is 0 Å². The Balaban J connectivity index is 0.000000366. The molecule has 0 aromatic heterocycles. The van der Waals surface area contributed by atoms with E-state index in [4.69, 9.17) is 9.84 Å². The molecule has 0 saturated carbocycles. The molecule has 0 amide bonds. The van der Waals surface area contributed by atoms with E-state index < -0.39 is 0 Å². The molecule has 0 heterocycles. The highest BCUT2D eigenvalue weighted by Gasteiger charge is 2.12. The Bertz CT molecular complexity index is 230. The Morgan fingerprint density at radius 1 is 1.35 bits per heavy atom. The van der Waals surface area contributed by atoms with Crippen LogP contribution in [0.4, 0.5) is 0 Å². The SMILES string of the molecule is CCC(O)CC.CCOC(=O)C1=CCCCC1. The van der Waals surface area contributed by atoms with Crippen molar-refractivity contribution in [3.8, 4) is 0 Å². The maximum atomic E-state index is 11.1. The fraction of sp³-hybridized carbons (Fsp3) is 0.786. The van der Waals surface area contributed by atoms with Crippen molar-refractivity contribution < 1.29 is 14.6 Å². The molecular formula is C14H26O3. The van der Waals surface area contributed by atoms with Crippen molar-refractivity contribution in [2.75, 3.05) is 6.61 Å². The molecule has 0 fully saturated rings. The predicted molar refractivity (Wildman–Crippen MR) is 69.8 cm³/mol. The molecule has 0 atom stereocenters. The second kappa shape index (κ2) is 10.3. The fourth-order valence-electron chi connectivity index (χ4n) is 1.54. The van der Waals surface area contributed by atoms with E-state index in [1.165, 1.54) is 6.42 Å². The van der Waals surface area contributed by atoms with Crippen molar-refractivity contribution >= 4 is 5.97 Å². The van der Waals surface area contributed by atoms with Gasteiger partial charge in [0.25, 0.3) is 0 Å². The summed E-state index contributed by atoms with van der Waals surface area (Å²) in [5.41, 5.74) is 0.873. The second-order valence-corrected chi connectivity index (χ2v) is 4.17. The van der Waals surface area contributed by atoms with Gasteiger partial charge >= 0.3 is 5.97 Å². The van der Waals surface area contributed by atoms with Gasteiger partial charge in [-0.25, -0.2) is 4.79 Å². The normalized spacial score (nSPS) is 14.8. The third kappa shape index (κ3) is 7.97. The molecule has 17 heavy (non-hydrogen) atoms. The van der Waals surface area contributed by atoms with Gasteiger partial charge in [0.2, 0.25) is 0 Å². The molecule has 0 aliphatic heterocycles. The van der Waals surface area contributed by atoms with Crippen molar-refractivity contribution in [2.24, 2.45) is 0 Å². The highest BCUT2D eigenvalue weighted by molar-refractivity contribution is 5.88. The first kappa shape index (κ1) is 16.2. The zero-order valence-corrected chi connectivity index (χ0v) is 11.4. The van der Waals surface area contributed by atoms with Crippen molar-refractivity contribution in [1.82, 2.24) is 0 Å². The highest BCUT2D eigenvalue weighted by Crippen LogP contribution is 2.17. The molecule has 1 aliphatic rings. The standard InChI is InChI=1S/C9H14O2.C5H12O/c1-2-11-9(10)8-6-4-3-5-7-8;1-3-5(6)4-2/h6H,2-5,7H2,1H3;5-6H,3-4H2,1-2H3. The van der Waals surface area contributed by atoms with Gasteiger partial charge in [-0.2, -0.15) is 0 Å². The molecule has 0 aromatic rings. The molecular weight excluding hydrogens is 216 g/mol. The van der Waals surface area contributed by atoms with Crippen LogP contribution < -0.4 is 0 Å². The van der Waals surface area contributed by atoms with Crippen molar-refractivity contribution in [3.63, 3.8) is 0 Å². The Morgan fingerprint density at radius 2 is 2.00 bits per heavy atom. The molecule has 3 nitrogen and oxygen atoms in total. The number of ether oxygens (including phenoxy) is 1. The van der Waals surface area contributed by atoms with Crippen LogP contribution in [0, 0.1) is 0 Å². The number of hydrogen-bond donors (Lipinski definition) is 1. The average Bonchev–Trinajstić information content (AvgIpc) is 2.40. The van der Waals surface area contributed by atoms with Gasteiger partial charge in [0.1, 0.15) is 0 Å². The highest BCUT2D eigenvalue weighted by atomic mass is 16.5. The monoisotopic (exact) mass is 242 g/mol. The second-order valence-electron chi connectivity index (χ2n) is 4.17. The van der Waals surface area contributed by atoms with Crippen LogP contribution in [0.3, 0.4) is 0 Å². The summed E-state index contributed by atoms with van der Waals surface area (Å²) in [7, 11) is 0. The molecule has 0 spiro atoms. The zero-order chi connectivity index (χ0) is 13.1. The van der Waals surface area contributed by atoms with E-state index in [0.717, 1.165) is 37.7 Å². The lowest BCUT2D eigenvalue weighted by molar-refractivity contribution is -0.138. The van der Waals surface area contributed by atoms with E-state index in [-0.39, 0.29) is 12.1 Å². The van der Waals surface area contributed by atoms with E-state index in [1.54, 1.807) is 0 Å². The van der Waals surface area contributed by atoms with Gasteiger partial charge in [-0.3, -0.25) is 0 Å². The van der Waals surface area contributed by atoms with E-state index >= 15 is 0 Å². The van der Waals surface area contributed by atoms with E-state index in [2.05, 4.69) is 0 Å². The largest absolute Gasteiger partial charge is 0.463 e. The molecule has 1 aliphatic carbocycles. The first-order valence-electron chi connectivity index (χ1n) is 6.69. The molecule has 1 N–H and O–H groups in total. The predicted octanol–water partition coefficient (Wildman–Crippen LogP) is 3.22. The van der Waals surface area contributed by atoms with Crippen molar-refractivity contribution in [1.29, 1.82) is 0 Å². The first-order chi connectivity index (χ1) is 8.15. The Labute approximate surface area is 105 Å². The van der Waals surface area contributed by atoms with Crippen LogP contribution >= 0.6 is 0 Å². The molecule has 0 bridgehead atoms. The van der Waals surface area contributed by atoms with E-state index in [9.17, 15) is 4.79 Å². The van der Waals surface area contributed by atoms with Gasteiger partial charge in [-0.15, -0.1) is 0 Å². The molecule has 1 rings (SSSR count). The maximum absolute atomic E-state index is 11.1. The van der Waals surface area contributed by atoms with Crippen molar-refractivity contribution in [2.45, 2.75) is 65.4 Å². The first-order valence-corrected chi connectivity index (χ1v) is 6.69. The minimum Gasteiger partial charge on any atom is -0.463 e. The number of aliphatic hydroxyl groups excluding tert-OH is 1. The van der Waals surface area contributed by atoms with Gasteiger partial charge in [-0.1, -0.05) is 19.9 Å². The fourth-order valence-corrected chi connectivity index (χ4v) is 1.54. The number of esters is 1. The van der Waals surface area contributed by atoms with E-state index in [1.807, 2.05) is 26.8 Å². The Hall–Kier alpha value is -0.830. The topological polar surface area (TPSA) is 46.5 Å². The van der Waals surface area contributed by atoms with Gasteiger partial charge in [0.15, 0.2) is 0 Å². The number of aliphatic hydroxyl groups is 1. The maximum Gasteiger partial charge on any atom is 0.333 e. The number of rotatable bonds is 4. The lowest BCUT2D eigenvalue weighted by Gasteiger charge is -2.10. The summed E-state index contributed by atoms with van der Waals surface area (Å²) in [6.45, 7) is 6.28. The number of carbonyl (C=O) groups excluding carboxylic acids is 1. The van der Waals surface area contributed by atoms with Gasteiger partial charge in [0.05, 0.1) is 12.7 Å². The average molecular weight is 242 g/mol. The van der Waals surface area contributed by atoms with Crippen LogP contribution in [0.1, 0.15) is 59.3 Å².